The van der Waals surface area contributed by atoms with Crippen LogP contribution in [0.4, 0.5) is 5.82 Å². The van der Waals surface area contributed by atoms with Crippen molar-refractivity contribution < 1.29 is 17.9 Å². The number of nitrogen functional groups attached to an aromatic ring is 1. The number of amides is 1. The highest BCUT2D eigenvalue weighted by molar-refractivity contribution is 7.90. The maximum Gasteiger partial charge on any atom is 0.283 e. The molecule has 2 aromatic carbocycles. The second-order valence-corrected chi connectivity index (χ2v) is 10.8. The number of nitrogens with zero attached hydrogens (tertiary/aromatic N) is 3. The number of hydrogen-bond acceptors (Lipinski definition) is 7. The van der Waals surface area contributed by atoms with Gasteiger partial charge in [-0.3, -0.25) is 9.48 Å². The van der Waals surface area contributed by atoms with Gasteiger partial charge in [0, 0.05) is 24.1 Å². The van der Waals surface area contributed by atoms with E-state index in [1.54, 1.807) is 48.1 Å². The first-order valence-electron chi connectivity index (χ1n) is 10.9. The normalized spacial score (nSPS) is 12.0. The Kier molecular flexibility index (Phi) is 6.02. The molecule has 0 fully saturated rings. The van der Waals surface area contributed by atoms with Crippen LogP contribution < -0.4 is 15.2 Å². The molecule has 0 unspecified atom stereocenters. The summed E-state index contributed by atoms with van der Waals surface area (Å²) in [5.41, 5.74) is 8.35. The summed E-state index contributed by atoms with van der Waals surface area (Å²) in [5.74, 6) is -0.191. The molecule has 10 heteroatoms. The van der Waals surface area contributed by atoms with Gasteiger partial charge < -0.3 is 10.5 Å². The molecule has 0 aliphatic carbocycles. The zero-order chi connectivity index (χ0) is 25.5. The van der Waals surface area contributed by atoms with E-state index in [1.165, 1.54) is 19.2 Å². The average Bonchev–Trinajstić information content (AvgIpc) is 3.14. The Labute approximate surface area is 204 Å². The van der Waals surface area contributed by atoms with Crippen LogP contribution in [0.2, 0.25) is 0 Å². The number of carbonyl (C=O) groups is 1. The van der Waals surface area contributed by atoms with E-state index in [9.17, 15) is 13.2 Å². The summed E-state index contributed by atoms with van der Waals surface area (Å²) in [6.07, 6.45) is 0. The summed E-state index contributed by atoms with van der Waals surface area (Å²) >= 11 is 0. The first-order valence-corrected chi connectivity index (χ1v) is 12.3. The molecule has 4 aromatic rings. The van der Waals surface area contributed by atoms with E-state index >= 15 is 0 Å². The summed E-state index contributed by atoms with van der Waals surface area (Å²) in [5, 5.41) is 5.16. The largest absolute Gasteiger partial charge is 0.495 e. The fourth-order valence-electron chi connectivity index (χ4n) is 3.70. The number of nitrogens with two attached hydrogens (primary N) is 1. The molecule has 0 aliphatic rings. The molecule has 35 heavy (non-hydrogen) atoms. The van der Waals surface area contributed by atoms with E-state index in [1.807, 2.05) is 26.8 Å². The van der Waals surface area contributed by atoms with Crippen molar-refractivity contribution in [3.63, 3.8) is 0 Å². The standard InChI is InChI=1S/C25H27N5O4S/c1-25(2,3)15-9-12-21(34-5)22(13-15)35(32,33)29-24(31)19-11-10-17-16(7-6-8-18(17)27-19)20-14-23(26)30(4)28-20/h6-14H,26H2,1-5H3,(H,29,31). The summed E-state index contributed by atoms with van der Waals surface area (Å²) < 4.78 is 35.2. The SMILES string of the molecule is COc1ccc(C(C)(C)C)cc1S(=O)(=O)NC(=O)c1ccc2c(-c3cc(N)n(C)n3)cccc2n1. The Morgan fingerprint density at radius 2 is 1.83 bits per heavy atom. The van der Waals surface area contributed by atoms with Gasteiger partial charge in [0.15, 0.2) is 0 Å². The Balaban J connectivity index is 1.69. The lowest BCUT2D eigenvalue weighted by molar-refractivity contribution is 0.0977. The monoisotopic (exact) mass is 493 g/mol. The van der Waals surface area contributed by atoms with E-state index in [0.29, 0.717) is 17.0 Å². The van der Waals surface area contributed by atoms with Gasteiger partial charge >= 0.3 is 0 Å². The van der Waals surface area contributed by atoms with Gasteiger partial charge in [-0.2, -0.15) is 5.10 Å². The number of anilines is 1. The predicted molar refractivity (Wildman–Crippen MR) is 135 cm³/mol. The van der Waals surface area contributed by atoms with E-state index in [-0.39, 0.29) is 21.8 Å². The highest BCUT2D eigenvalue weighted by Gasteiger charge is 2.26. The second-order valence-electron chi connectivity index (χ2n) is 9.20. The van der Waals surface area contributed by atoms with E-state index in [0.717, 1.165) is 16.5 Å². The number of methoxy groups -OCH3 is 1. The van der Waals surface area contributed by atoms with Gasteiger partial charge in [-0.25, -0.2) is 18.1 Å². The lowest BCUT2D eigenvalue weighted by atomic mass is 9.87. The second kappa shape index (κ2) is 8.70. The van der Waals surface area contributed by atoms with Crippen LogP contribution in [0.1, 0.15) is 36.8 Å². The molecule has 0 bridgehead atoms. The third kappa shape index (κ3) is 4.69. The molecule has 3 N–H and O–H groups in total. The van der Waals surface area contributed by atoms with Crippen LogP contribution in [-0.4, -0.2) is 36.2 Å². The zero-order valence-corrected chi connectivity index (χ0v) is 21.0. The molecule has 182 valence electrons. The number of carbonyl (C=O) groups excluding carboxylic acids is 1. The Morgan fingerprint density at radius 3 is 2.46 bits per heavy atom. The Bertz CT molecular complexity index is 1530. The number of aryl methyl sites for hydroxylation is 1. The summed E-state index contributed by atoms with van der Waals surface area (Å²) in [6.45, 7) is 5.91. The third-order valence-corrected chi connectivity index (χ3v) is 7.05. The van der Waals surface area contributed by atoms with E-state index in [4.69, 9.17) is 10.5 Å². The van der Waals surface area contributed by atoms with E-state index in [2.05, 4.69) is 14.8 Å². The first kappa shape index (κ1) is 24.2. The minimum atomic E-state index is -4.23. The Morgan fingerprint density at radius 1 is 1.09 bits per heavy atom. The number of aromatic nitrogens is 3. The van der Waals surface area contributed by atoms with Crippen LogP contribution in [0.5, 0.6) is 5.75 Å². The topological polar surface area (TPSA) is 129 Å². The molecule has 2 aromatic heterocycles. The van der Waals surface area contributed by atoms with Crippen LogP contribution in [-0.2, 0) is 22.5 Å². The number of sulfonamides is 1. The number of hydrogen-bond donors (Lipinski definition) is 2. The van der Waals surface area contributed by atoms with Gasteiger partial charge in [0.2, 0.25) is 0 Å². The molecule has 0 saturated carbocycles. The maximum absolute atomic E-state index is 13.1. The van der Waals surface area contributed by atoms with Gasteiger partial charge in [0.05, 0.1) is 18.3 Å². The number of fused-ring (bicyclic) bond motifs is 1. The van der Waals surface area contributed by atoms with Crippen molar-refractivity contribution in [2.75, 3.05) is 12.8 Å². The third-order valence-electron chi connectivity index (χ3n) is 5.70. The van der Waals surface area contributed by atoms with Crippen molar-refractivity contribution in [2.45, 2.75) is 31.1 Å². The molecule has 9 nitrogen and oxygen atoms in total. The predicted octanol–water partition coefficient (Wildman–Crippen LogP) is 3.64. The highest BCUT2D eigenvalue weighted by Crippen LogP contribution is 2.31. The zero-order valence-electron chi connectivity index (χ0n) is 20.2. The van der Waals surface area contributed by atoms with Crippen molar-refractivity contribution in [3.05, 3.63) is 65.9 Å². The van der Waals surface area contributed by atoms with Crippen LogP contribution in [0.15, 0.2) is 59.5 Å². The molecule has 0 spiro atoms. The highest BCUT2D eigenvalue weighted by atomic mass is 32.2. The van der Waals surface area contributed by atoms with Crippen LogP contribution in [0.3, 0.4) is 0 Å². The van der Waals surface area contributed by atoms with Crippen LogP contribution in [0.25, 0.3) is 22.2 Å². The molecule has 0 saturated heterocycles. The first-order chi connectivity index (χ1) is 16.4. The smallest absolute Gasteiger partial charge is 0.283 e. The number of benzene rings is 2. The van der Waals surface area contributed by atoms with Crippen LogP contribution >= 0.6 is 0 Å². The van der Waals surface area contributed by atoms with Crippen LogP contribution in [0, 0.1) is 0 Å². The van der Waals surface area contributed by atoms with Gasteiger partial charge in [-0.1, -0.05) is 39.0 Å². The number of nitrogens with one attached hydrogen (secondary N) is 1. The van der Waals surface area contributed by atoms with Crippen molar-refractivity contribution >= 4 is 32.7 Å². The maximum atomic E-state index is 13.1. The molecular weight excluding hydrogens is 466 g/mol. The fraction of sp³-hybridized carbons (Fsp3) is 0.240. The van der Waals surface area contributed by atoms with Gasteiger partial charge in [-0.05, 0) is 41.3 Å². The lowest BCUT2D eigenvalue weighted by Gasteiger charge is -2.21. The fourth-order valence-corrected chi connectivity index (χ4v) is 4.86. The van der Waals surface area contributed by atoms with Crippen molar-refractivity contribution in [1.82, 2.24) is 19.5 Å². The molecule has 0 aliphatic heterocycles. The minimum absolute atomic E-state index is 0.0373. The summed E-state index contributed by atoms with van der Waals surface area (Å²) in [7, 11) is -1.10. The Hall–Kier alpha value is -3.92. The van der Waals surface area contributed by atoms with Gasteiger partial charge in [0.1, 0.15) is 22.2 Å². The molecule has 1 amide bonds. The number of rotatable bonds is 5. The number of ether oxygens (including phenoxy) is 1. The quantitative estimate of drug-likeness (QED) is 0.434. The summed E-state index contributed by atoms with van der Waals surface area (Å²) in [4.78, 5) is 17.2. The van der Waals surface area contributed by atoms with Crippen molar-refractivity contribution in [3.8, 4) is 17.0 Å². The van der Waals surface area contributed by atoms with Gasteiger partial charge in [0.25, 0.3) is 15.9 Å². The number of pyridine rings is 1. The van der Waals surface area contributed by atoms with Crippen molar-refractivity contribution in [2.24, 2.45) is 7.05 Å². The molecule has 0 atom stereocenters. The molecule has 0 radical (unpaired) electrons. The lowest BCUT2D eigenvalue weighted by Crippen LogP contribution is -2.31. The average molecular weight is 494 g/mol. The molecular formula is C25H27N5O4S. The summed E-state index contributed by atoms with van der Waals surface area (Å²) in [6, 6.07) is 15.3. The van der Waals surface area contributed by atoms with Crippen molar-refractivity contribution in [1.29, 1.82) is 0 Å². The van der Waals surface area contributed by atoms with Gasteiger partial charge in [-0.15, -0.1) is 0 Å². The minimum Gasteiger partial charge on any atom is -0.495 e. The molecule has 4 rings (SSSR count). The molecule has 2 heterocycles. The van der Waals surface area contributed by atoms with E-state index < -0.39 is 15.9 Å².